The Labute approximate surface area is 134 Å². The predicted molar refractivity (Wildman–Crippen MR) is 89.5 cm³/mol. The van der Waals surface area contributed by atoms with Gasteiger partial charge in [-0.05, 0) is 48.7 Å². The molecule has 0 unspecified atom stereocenters. The molecule has 0 bridgehead atoms. The number of aromatic nitrogens is 2. The molecule has 3 aromatic rings. The summed E-state index contributed by atoms with van der Waals surface area (Å²) in [5, 5.41) is 9.92. The summed E-state index contributed by atoms with van der Waals surface area (Å²) in [5.74, 6) is -0.767. The van der Waals surface area contributed by atoms with Gasteiger partial charge in [0.2, 0.25) is 0 Å². The lowest BCUT2D eigenvalue weighted by Gasteiger charge is -2.00. The van der Waals surface area contributed by atoms with Crippen molar-refractivity contribution < 1.29 is 9.90 Å². The molecule has 5 heteroatoms. The lowest BCUT2D eigenvalue weighted by atomic mass is 10.0. The molecule has 22 heavy (non-hydrogen) atoms. The Morgan fingerprint density at radius 1 is 1.32 bits per heavy atom. The average Bonchev–Trinajstić information content (AvgIpc) is 2.83. The van der Waals surface area contributed by atoms with Crippen LogP contribution in [0.3, 0.4) is 0 Å². The van der Waals surface area contributed by atoms with Crippen LogP contribution >= 0.6 is 12.4 Å². The van der Waals surface area contributed by atoms with E-state index in [4.69, 9.17) is 5.11 Å². The molecule has 0 saturated carbocycles. The molecule has 0 spiro atoms. The van der Waals surface area contributed by atoms with E-state index < -0.39 is 5.97 Å². The van der Waals surface area contributed by atoms with Gasteiger partial charge in [-0.1, -0.05) is 6.07 Å². The third kappa shape index (κ3) is 3.12. The van der Waals surface area contributed by atoms with Crippen LogP contribution in [0, 0.1) is 6.92 Å². The minimum atomic E-state index is -0.767. The highest BCUT2D eigenvalue weighted by atomic mass is 35.5. The Morgan fingerprint density at radius 3 is 2.82 bits per heavy atom. The van der Waals surface area contributed by atoms with Gasteiger partial charge in [-0.15, -0.1) is 12.4 Å². The van der Waals surface area contributed by atoms with E-state index in [1.165, 1.54) is 0 Å². The Balaban J connectivity index is 0.00000176. The number of aryl methyl sites for hydroxylation is 2. The number of hydrogen-bond donors (Lipinski definition) is 2. The number of carboxylic acid groups (broad SMARTS) is 1. The quantitative estimate of drug-likeness (QED) is 0.765. The molecule has 0 fully saturated rings. The van der Waals surface area contributed by atoms with Crippen molar-refractivity contribution in [3.05, 3.63) is 53.9 Å². The predicted octanol–water partition coefficient (Wildman–Crippen LogP) is 3.98. The number of halogens is 1. The van der Waals surface area contributed by atoms with E-state index in [0.717, 1.165) is 33.3 Å². The minimum Gasteiger partial charge on any atom is -0.481 e. The van der Waals surface area contributed by atoms with Gasteiger partial charge in [0.15, 0.2) is 0 Å². The van der Waals surface area contributed by atoms with Crippen molar-refractivity contribution in [1.29, 1.82) is 0 Å². The molecule has 2 heterocycles. The monoisotopic (exact) mass is 316 g/mol. The summed E-state index contributed by atoms with van der Waals surface area (Å²) in [7, 11) is 0. The number of rotatable bonds is 4. The van der Waals surface area contributed by atoms with Crippen LogP contribution in [0.1, 0.15) is 17.5 Å². The fourth-order valence-corrected chi connectivity index (χ4v) is 2.58. The van der Waals surface area contributed by atoms with Crippen molar-refractivity contribution in [3.8, 4) is 11.3 Å². The average molecular weight is 317 g/mol. The summed E-state index contributed by atoms with van der Waals surface area (Å²) >= 11 is 0. The Morgan fingerprint density at radius 2 is 2.14 bits per heavy atom. The summed E-state index contributed by atoms with van der Waals surface area (Å²) in [6, 6.07) is 10.0. The van der Waals surface area contributed by atoms with E-state index in [0.29, 0.717) is 6.42 Å². The molecular weight excluding hydrogens is 300 g/mol. The summed E-state index contributed by atoms with van der Waals surface area (Å²) in [5.41, 5.74) is 5.39. The molecule has 114 valence electrons. The van der Waals surface area contributed by atoms with Gasteiger partial charge < -0.3 is 10.1 Å². The molecule has 1 aromatic carbocycles. The topological polar surface area (TPSA) is 66.0 Å². The molecule has 0 aliphatic rings. The van der Waals surface area contributed by atoms with Crippen LogP contribution in [0.5, 0.6) is 0 Å². The van der Waals surface area contributed by atoms with E-state index in [1.54, 1.807) is 6.20 Å². The molecule has 0 radical (unpaired) electrons. The maximum Gasteiger partial charge on any atom is 0.303 e. The van der Waals surface area contributed by atoms with E-state index in [1.807, 2.05) is 30.5 Å². The van der Waals surface area contributed by atoms with E-state index >= 15 is 0 Å². The van der Waals surface area contributed by atoms with Gasteiger partial charge in [-0.2, -0.15) is 0 Å². The lowest BCUT2D eigenvalue weighted by Crippen LogP contribution is -1.97. The van der Waals surface area contributed by atoms with Crippen molar-refractivity contribution in [3.63, 3.8) is 0 Å². The molecule has 0 aliphatic heterocycles. The maximum absolute atomic E-state index is 10.7. The van der Waals surface area contributed by atoms with Crippen LogP contribution in [0.15, 0.2) is 42.7 Å². The van der Waals surface area contributed by atoms with Crippen LogP contribution in [0.4, 0.5) is 0 Å². The molecule has 2 aromatic heterocycles. The minimum absolute atomic E-state index is 0. The fourth-order valence-electron chi connectivity index (χ4n) is 2.58. The number of fused-ring (bicyclic) bond motifs is 1. The second kappa shape index (κ2) is 6.62. The van der Waals surface area contributed by atoms with Gasteiger partial charge in [0.25, 0.3) is 0 Å². The van der Waals surface area contributed by atoms with Crippen LogP contribution in [-0.2, 0) is 11.2 Å². The van der Waals surface area contributed by atoms with Gasteiger partial charge in [0, 0.05) is 35.3 Å². The Hall–Kier alpha value is -2.33. The van der Waals surface area contributed by atoms with Crippen LogP contribution < -0.4 is 0 Å². The van der Waals surface area contributed by atoms with Crippen molar-refractivity contribution in [2.45, 2.75) is 19.8 Å². The van der Waals surface area contributed by atoms with Gasteiger partial charge >= 0.3 is 5.97 Å². The Bertz CT molecular complexity index is 797. The number of pyridine rings is 1. The van der Waals surface area contributed by atoms with E-state index in [2.05, 4.69) is 23.0 Å². The van der Waals surface area contributed by atoms with Crippen molar-refractivity contribution in [1.82, 2.24) is 9.97 Å². The summed E-state index contributed by atoms with van der Waals surface area (Å²) in [6.07, 6.45) is 4.30. The largest absolute Gasteiger partial charge is 0.481 e. The lowest BCUT2D eigenvalue weighted by molar-refractivity contribution is -0.136. The third-order valence-electron chi connectivity index (χ3n) is 3.70. The molecule has 2 N–H and O–H groups in total. The molecular formula is C17H17ClN2O2. The standard InChI is InChI=1S/C17H16N2O2.ClH/c1-11-14-9-12(5-7-16(20)21)4-6-15(14)19-17(11)13-3-2-8-18-10-13;/h2-4,6,8-10,19H,5,7H2,1H3,(H,20,21);1H. The normalized spacial score (nSPS) is 10.4. The highest BCUT2D eigenvalue weighted by Crippen LogP contribution is 2.29. The number of carboxylic acids is 1. The molecule has 3 rings (SSSR count). The summed E-state index contributed by atoms with van der Waals surface area (Å²) < 4.78 is 0. The van der Waals surface area contributed by atoms with Crippen LogP contribution in [-0.4, -0.2) is 21.0 Å². The number of aromatic amines is 1. The Kier molecular flexibility index (Phi) is 4.83. The van der Waals surface area contributed by atoms with Crippen LogP contribution in [0.25, 0.3) is 22.2 Å². The van der Waals surface area contributed by atoms with Crippen molar-refractivity contribution in [2.24, 2.45) is 0 Å². The second-order valence-electron chi connectivity index (χ2n) is 5.14. The third-order valence-corrected chi connectivity index (χ3v) is 3.70. The molecule has 0 saturated heterocycles. The zero-order valence-corrected chi connectivity index (χ0v) is 13.0. The number of hydrogen-bond acceptors (Lipinski definition) is 2. The fraction of sp³-hybridized carbons (Fsp3) is 0.176. The SMILES string of the molecule is Cc1c(-c2cccnc2)[nH]c2ccc(CCC(=O)O)cc12.Cl. The number of nitrogens with one attached hydrogen (secondary N) is 1. The van der Waals surface area contributed by atoms with Crippen LogP contribution in [0.2, 0.25) is 0 Å². The smallest absolute Gasteiger partial charge is 0.303 e. The van der Waals surface area contributed by atoms with Gasteiger partial charge in [-0.25, -0.2) is 0 Å². The molecule has 0 aliphatic carbocycles. The first-order valence-electron chi connectivity index (χ1n) is 6.88. The van der Waals surface area contributed by atoms with E-state index in [9.17, 15) is 4.79 Å². The number of nitrogens with zero attached hydrogens (tertiary/aromatic N) is 1. The molecule has 0 atom stereocenters. The number of aliphatic carboxylic acids is 1. The highest BCUT2D eigenvalue weighted by Gasteiger charge is 2.10. The van der Waals surface area contributed by atoms with Crippen molar-refractivity contribution >= 4 is 29.3 Å². The number of benzene rings is 1. The molecule has 0 amide bonds. The first-order chi connectivity index (χ1) is 10.1. The first-order valence-corrected chi connectivity index (χ1v) is 6.88. The molecule has 4 nitrogen and oxygen atoms in total. The van der Waals surface area contributed by atoms with Gasteiger partial charge in [-0.3, -0.25) is 9.78 Å². The highest BCUT2D eigenvalue weighted by molar-refractivity contribution is 5.90. The second-order valence-corrected chi connectivity index (χ2v) is 5.14. The number of carbonyl (C=O) groups is 1. The zero-order chi connectivity index (χ0) is 14.8. The summed E-state index contributed by atoms with van der Waals surface area (Å²) in [6.45, 7) is 2.07. The summed E-state index contributed by atoms with van der Waals surface area (Å²) in [4.78, 5) is 18.2. The van der Waals surface area contributed by atoms with Gasteiger partial charge in [0.05, 0.1) is 5.69 Å². The first kappa shape index (κ1) is 16.0. The van der Waals surface area contributed by atoms with Crippen molar-refractivity contribution in [2.75, 3.05) is 0 Å². The maximum atomic E-state index is 10.7. The van der Waals surface area contributed by atoms with E-state index in [-0.39, 0.29) is 18.8 Å². The number of H-pyrrole nitrogens is 1. The van der Waals surface area contributed by atoms with Gasteiger partial charge in [0.1, 0.15) is 0 Å². The zero-order valence-electron chi connectivity index (χ0n) is 12.2.